The van der Waals surface area contributed by atoms with E-state index in [4.69, 9.17) is 16.1 Å². The fraction of sp³-hybridized carbons (Fsp3) is 0.381. The lowest BCUT2D eigenvalue weighted by molar-refractivity contribution is 0.145. The van der Waals surface area contributed by atoms with Crippen molar-refractivity contribution in [3.05, 3.63) is 53.5 Å². The zero-order chi connectivity index (χ0) is 22.4. The van der Waals surface area contributed by atoms with Crippen LogP contribution < -0.4 is 5.73 Å². The Hall–Kier alpha value is -3.43. The predicted molar refractivity (Wildman–Crippen MR) is 118 cm³/mol. The van der Waals surface area contributed by atoms with Gasteiger partial charge in [-0.1, -0.05) is 0 Å². The zero-order valence-electron chi connectivity index (χ0n) is 17.4. The monoisotopic (exact) mass is 428 g/mol. The van der Waals surface area contributed by atoms with Crippen LogP contribution in [0.3, 0.4) is 0 Å². The summed E-state index contributed by atoms with van der Waals surface area (Å²) in [6.45, 7) is 7.01. The maximum absolute atomic E-state index is 13.0. The number of halogens is 2. The van der Waals surface area contributed by atoms with Crippen molar-refractivity contribution in [3.8, 4) is 0 Å². The molecule has 1 atom stereocenters. The predicted octanol–water partition coefficient (Wildman–Crippen LogP) is 3.37. The molecule has 31 heavy (non-hydrogen) atoms. The number of amidine groups is 1. The Bertz CT molecular complexity index is 1030. The summed E-state index contributed by atoms with van der Waals surface area (Å²) in [5, 5.41) is 7.69. The van der Waals surface area contributed by atoms with Gasteiger partial charge in [0.15, 0.2) is 5.65 Å². The maximum Gasteiger partial charge on any atom is 0.281 e. The Labute approximate surface area is 179 Å². The molecule has 1 fully saturated rings. The first-order chi connectivity index (χ1) is 14.9. The second-order valence-corrected chi connectivity index (χ2v) is 7.33. The quantitative estimate of drug-likeness (QED) is 0.521. The van der Waals surface area contributed by atoms with Crippen molar-refractivity contribution in [2.45, 2.75) is 32.7 Å². The average molecular weight is 428 g/mol. The molecule has 0 aliphatic carbocycles. The van der Waals surface area contributed by atoms with Gasteiger partial charge in [-0.2, -0.15) is 0 Å². The van der Waals surface area contributed by atoms with E-state index in [1.807, 2.05) is 6.92 Å². The van der Waals surface area contributed by atoms with Crippen LogP contribution in [0.1, 0.15) is 37.6 Å². The highest BCUT2D eigenvalue weighted by atomic mass is 19.3. The van der Waals surface area contributed by atoms with Crippen molar-refractivity contribution in [2.75, 3.05) is 13.1 Å². The number of fused-ring (bicyclic) bond motifs is 1. The minimum Gasteiger partial charge on any atom is -0.402 e. The Kier molecular flexibility index (Phi) is 7.22. The van der Waals surface area contributed by atoms with Crippen molar-refractivity contribution in [1.82, 2.24) is 19.3 Å². The van der Waals surface area contributed by atoms with Gasteiger partial charge in [0.1, 0.15) is 11.5 Å². The largest absolute Gasteiger partial charge is 0.402 e. The number of rotatable bonds is 7. The molecule has 1 saturated heterocycles. The van der Waals surface area contributed by atoms with Crippen molar-refractivity contribution >= 4 is 24.4 Å². The molecule has 0 saturated carbocycles. The molecule has 3 heterocycles. The lowest BCUT2D eigenvalue weighted by Gasteiger charge is -2.35. The van der Waals surface area contributed by atoms with E-state index in [1.54, 1.807) is 22.9 Å². The second-order valence-electron chi connectivity index (χ2n) is 7.33. The van der Waals surface area contributed by atoms with Crippen molar-refractivity contribution < 1.29 is 8.78 Å². The van der Waals surface area contributed by atoms with Crippen LogP contribution >= 0.6 is 0 Å². The van der Waals surface area contributed by atoms with Gasteiger partial charge < -0.3 is 16.0 Å². The molecule has 3 N–H and O–H groups in total. The molecule has 0 aromatic carbocycles. The summed E-state index contributed by atoms with van der Waals surface area (Å²) in [6.07, 6.45) is 8.11. The van der Waals surface area contributed by atoms with Crippen LogP contribution in [0.2, 0.25) is 0 Å². The van der Waals surface area contributed by atoms with E-state index in [1.165, 1.54) is 18.6 Å². The van der Waals surface area contributed by atoms with Crippen molar-refractivity contribution in [2.24, 2.45) is 21.6 Å². The number of aromatic nitrogens is 3. The summed E-state index contributed by atoms with van der Waals surface area (Å²) >= 11 is 0. The summed E-state index contributed by atoms with van der Waals surface area (Å²) in [4.78, 5) is 18.6. The Balaban J connectivity index is 1.87. The third-order valence-corrected chi connectivity index (χ3v) is 5.24. The Morgan fingerprint density at radius 2 is 2.23 bits per heavy atom. The normalized spacial score (nSPS) is 18.6. The highest BCUT2D eigenvalue weighted by Crippen LogP contribution is 2.24. The van der Waals surface area contributed by atoms with Crippen molar-refractivity contribution in [3.63, 3.8) is 0 Å². The van der Waals surface area contributed by atoms with E-state index in [-0.39, 0.29) is 18.2 Å². The number of aliphatic imine (C=N–C) groups is 2. The number of imidazole rings is 1. The van der Waals surface area contributed by atoms with Gasteiger partial charge >= 0.3 is 0 Å². The van der Waals surface area contributed by atoms with Gasteiger partial charge in [0.2, 0.25) is 0 Å². The van der Waals surface area contributed by atoms with Gasteiger partial charge in [-0.05, 0) is 38.1 Å². The third kappa shape index (κ3) is 5.19. The van der Waals surface area contributed by atoms with E-state index < -0.39 is 6.43 Å². The van der Waals surface area contributed by atoms with Crippen LogP contribution in [-0.4, -0.2) is 51.1 Å². The topological polar surface area (TPSA) is 108 Å². The van der Waals surface area contributed by atoms with Gasteiger partial charge in [-0.15, -0.1) is 0 Å². The summed E-state index contributed by atoms with van der Waals surface area (Å²) in [5.41, 5.74) is 8.29. The molecule has 1 aliphatic rings. The van der Waals surface area contributed by atoms with Crippen LogP contribution in [0, 0.1) is 11.3 Å². The molecule has 2 aromatic rings. The molecular formula is C21H26F2N8. The molecule has 8 nitrogen and oxygen atoms in total. The van der Waals surface area contributed by atoms with E-state index in [2.05, 4.69) is 26.6 Å². The highest BCUT2D eigenvalue weighted by molar-refractivity contribution is 5.93. The van der Waals surface area contributed by atoms with Crippen LogP contribution in [0.5, 0.6) is 0 Å². The number of nitrogens with two attached hydrogens (primary N) is 1. The summed E-state index contributed by atoms with van der Waals surface area (Å²) in [7, 11) is 0. The van der Waals surface area contributed by atoms with E-state index in [9.17, 15) is 8.78 Å². The van der Waals surface area contributed by atoms with E-state index >= 15 is 0 Å². The summed E-state index contributed by atoms with van der Waals surface area (Å²) in [5.74, 6) is 0.844. The molecule has 0 radical (unpaired) electrons. The number of alkyl halides is 2. The first-order valence-electron chi connectivity index (χ1n) is 9.93. The van der Waals surface area contributed by atoms with Crippen molar-refractivity contribution in [1.29, 1.82) is 5.41 Å². The average Bonchev–Trinajstić information content (AvgIpc) is 3.16. The third-order valence-electron chi connectivity index (χ3n) is 5.24. The maximum atomic E-state index is 13.0. The minimum absolute atomic E-state index is 0.141. The van der Waals surface area contributed by atoms with E-state index in [0.29, 0.717) is 29.4 Å². The van der Waals surface area contributed by atoms with Crippen LogP contribution in [-0.2, 0) is 6.54 Å². The number of piperidine rings is 1. The van der Waals surface area contributed by atoms with Crippen LogP contribution in [0.4, 0.5) is 8.78 Å². The first kappa shape index (κ1) is 22.3. The van der Waals surface area contributed by atoms with Crippen LogP contribution in [0.15, 0.2) is 52.1 Å². The lowest BCUT2D eigenvalue weighted by Crippen LogP contribution is -2.40. The molecule has 0 amide bonds. The Morgan fingerprint density at radius 1 is 1.42 bits per heavy atom. The number of nitrogens with one attached hydrogen (secondary N) is 1. The number of allylic oxidation sites excluding steroid dienone is 1. The fourth-order valence-corrected chi connectivity index (χ4v) is 3.72. The van der Waals surface area contributed by atoms with E-state index in [0.717, 1.165) is 25.0 Å². The van der Waals surface area contributed by atoms with Crippen LogP contribution in [0.25, 0.3) is 5.65 Å². The van der Waals surface area contributed by atoms with Gasteiger partial charge in [0, 0.05) is 43.3 Å². The molecule has 3 rings (SSSR count). The summed E-state index contributed by atoms with van der Waals surface area (Å²) < 4.78 is 27.6. The molecule has 10 heteroatoms. The summed E-state index contributed by atoms with van der Waals surface area (Å²) in [6, 6.07) is 0. The molecular weight excluding hydrogens is 402 g/mol. The molecule has 164 valence electrons. The molecule has 1 aliphatic heterocycles. The molecule has 1 unspecified atom stereocenters. The standard InChI is InChI=1S/C21H26F2N8/c1-14(25)17(8-24)15-4-3-7-30(12-15)19(5-6-26-2)28-9-16-10-29-20-11-27-18(21(22)23)13-31(16)20/h5-6,8,10-11,13,15,21,24H,2-4,7,9,12,25H2,1H3/b6-5-,17-14?,24-8?,28-19?. The van der Waals surface area contributed by atoms with Gasteiger partial charge in [-0.25, -0.2) is 18.7 Å². The second kappa shape index (κ2) is 10.1. The van der Waals surface area contributed by atoms with Gasteiger partial charge in [0.25, 0.3) is 6.43 Å². The molecule has 2 aromatic heterocycles. The fourth-order valence-electron chi connectivity index (χ4n) is 3.72. The SMILES string of the molecule is C=N/C=C\C(=NCc1cnc2cnc(C(F)F)cn12)N1CCCC(C(C=N)=C(C)N)C1. The lowest BCUT2D eigenvalue weighted by atomic mass is 9.89. The minimum atomic E-state index is -2.66. The Morgan fingerprint density at radius 3 is 2.90 bits per heavy atom. The zero-order valence-corrected chi connectivity index (χ0v) is 17.4. The molecule has 0 spiro atoms. The van der Waals surface area contributed by atoms with Gasteiger partial charge in [-0.3, -0.25) is 14.4 Å². The smallest absolute Gasteiger partial charge is 0.281 e. The number of nitrogens with zero attached hydrogens (tertiary/aromatic N) is 6. The number of hydrogen-bond donors (Lipinski definition) is 2. The van der Waals surface area contributed by atoms with Gasteiger partial charge in [0.05, 0.1) is 24.6 Å². The molecule has 0 bridgehead atoms. The first-order valence-corrected chi connectivity index (χ1v) is 9.93. The number of likely N-dealkylation sites (tertiary alicyclic amines) is 1. The number of hydrogen-bond acceptors (Lipinski definition) is 6. The highest BCUT2D eigenvalue weighted by Gasteiger charge is 2.24.